The first kappa shape index (κ1) is 17.6. The summed E-state index contributed by atoms with van der Waals surface area (Å²) in [6.45, 7) is 0.324. The molecule has 1 heterocycles. The molecule has 1 aromatic carbocycles. The molecule has 2 N–H and O–H groups in total. The largest absolute Gasteiger partial charge is 0.337 e. The number of nitrogens with one attached hydrogen (secondary N) is 2. The van der Waals surface area contributed by atoms with Gasteiger partial charge in [-0.05, 0) is 48.7 Å². The van der Waals surface area contributed by atoms with E-state index in [9.17, 15) is 13.6 Å². The van der Waals surface area contributed by atoms with E-state index >= 15 is 0 Å². The van der Waals surface area contributed by atoms with Crippen LogP contribution in [0.5, 0.6) is 0 Å². The van der Waals surface area contributed by atoms with Crippen molar-refractivity contribution in [3.05, 3.63) is 51.6 Å². The van der Waals surface area contributed by atoms with Crippen LogP contribution in [-0.4, -0.2) is 34.6 Å². The zero-order chi connectivity index (χ0) is 18.1. The first-order valence-corrected chi connectivity index (χ1v) is 8.48. The van der Waals surface area contributed by atoms with E-state index in [2.05, 4.69) is 10.3 Å². The molecule has 5 nitrogen and oxygen atoms in total. The minimum atomic E-state index is -0.562. The summed E-state index contributed by atoms with van der Waals surface area (Å²) in [4.78, 5) is 16.2. The zero-order valence-electron chi connectivity index (χ0n) is 14.1. The number of benzene rings is 1. The van der Waals surface area contributed by atoms with Crippen LogP contribution in [0.15, 0.2) is 18.3 Å². The number of fused-ring (bicyclic) bond motifs is 1. The topological polar surface area (TPSA) is 53.1 Å². The minimum absolute atomic E-state index is 0.00120. The Morgan fingerprint density at radius 3 is 2.92 bits per heavy atom. The van der Waals surface area contributed by atoms with Gasteiger partial charge in [-0.3, -0.25) is 0 Å². The summed E-state index contributed by atoms with van der Waals surface area (Å²) in [5.74, 6) is -1.04. The second-order valence-electron chi connectivity index (χ2n) is 6.43. The number of carbonyl (C=O) groups is 1. The number of H-pyrrole nitrogens is 1. The Hall–Kier alpha value is -2.22. The van der Waals surface area contributed by atoms with Crippen LogP contribution in [0, 0.1) is 16.4 Å². The van der Waals surface area contributed by atoms with Gasteiger partial charge in [-0.2, -0.15) is 0 Å². The van der Waals surface area contributed by atoms with Gasteiger partial charge in [0, 0.05) is 32.4 Å². The average molecular weight is 366 g/mol. The average Bonchev–Trinajstić information content (AvgIpc) is 2.92. The van der Waals surface area contributed by atoms with E-state index < -0.39 is 11.6 Å². The van der Waals surface area contributed by atoms with Crippen molar-refractivity contribution in [2.45, 2.75) is 31.8 Å². The van der Waals surface area contributed by atoms with Gasteiger partial charge in [-0.1, -0.05) is 0 Å². The van der Waals surface area contributed by atoms with Crippen molar-refractivity contribution < 1.29 is 13.6 Å². The maximum atomic E-state index is 13.9. The summed E-state index contributed by atoms with van der Waals surface area (Å²) >= 11 is 5.37. The lowest BCUT2D eigenvalue weighted by Gasteiger charge is -2.27. The number of aromatic nitrogens is 2. The molecule has 2 aromatic rings. The smallest absolute Gasteiger partial charge is 0.317 e. The predicted octanol–water partition coefficient (Wildman–Crippen LogP) is 3.33. The quantitative estimate of drug-likeness (QED) is 0.819. The Labute approximate surface area is 149 Å². The van der Waals surface area contributed by atoms with Gasteiger partial charge in [-0.15, -0.1) is 0 Å². The maximum Gasteiger partial charge on any atom is 0.317 e. The Kier molecular flexibility index (Phi) is 4.89. The third-order valence-electron chi connectivity index (χ3n) is 4.52. The Morgan fingerprint density at radius 2 is 2.20 bits per heavy atom. The van der Waals surface area contributed by atoms with Crippen molar-refractivity contribution in [3.8, 4) is 0 Å². The molecular formula is C17H20F2N4OS. The number of hydrogen-bond donors (Lipinski definition) is 2. The van der Waals surface area contributed by atoms with Gasteiger partial charge >= 0.3 is 6.03 Å². The SMILES string of the molecule is CN(C)C(=O)NCc1c[nH]c(=S)n1[C@H]1CCc2c(F)cc(F)cc2C1. The zero-order valence-corrected chi connectivity index (χ0v) is 14.9. The molecule has 0 aliphatic heterocycles. The Balaban J connectivity index is 1.84. The summed E-state index contributed by atoms with van der Waals surface area (Å²) < 4.78 is 29.9. The van der Waals surface area contributed by atoms with Crippen LogP contribution < -0.4 is 5.32 Å². The molecule has 0 saturated carbocycles. The number of hydrogen-bond acceptors (Lipinski definition) is 2. The minimum Gasteiger partial charge on any atom is -0.337 e. The molecule has 134 valence electrons. The third-order valence-corrected chi connectivity index (χ3v) is 4.83. The van der Waals surface area contributed by atoms with E-state index in [-0.39, 0.29) is 12.1 Å². The van der Waals surface area contributed by atoms with Gasteiger partial charge < -0.3 is 19.8 Å². The maximum absolute atomic E-state index is 13.9. The lowest BCUT2D eigenvalue weighted by molar-refractivity contribution is 0.216. The van der Waals surface area contributed by atoms with E-state index in [1.54, 1.807) is 20.3 Å². The molecule has 0 radical (unpaired) electrons. The van der Waals surface area contributed by atoms with Gasteiger partial charge in [0.25, 0.3) is 0 Å². The molecule has 0 spiro atoms. The number of amides is 2. The second kappa shape index (κ2) is 6.95. The summed E-state index contributed by atoms with van der Waals surface area (Å²) in [5, 5.41) is 2.81. The summed E-state index contributed by atoms with van der Waals surface area (Å²) in [6.07, 6.45) is 3.50. The molecule has 0 saturated heterocycles. The first-order chi connectivity index (χ1) is 11.9. The van der Waals surface area contributed by atoms with E-state index in [1.807, 2.05) is 4.57 Å². The van der Waals surface area contributed by atoms with Crippen LogP contribution in [-0.2, 0) is 19.4 Å². The van der Waals surface area contributed by atoms with Gasteiger partial charge in [0.15, 0.2) is 4.77 Å². The molecule has 1 atom stereocenters. The molecule has 3 rings (SSSR count). The van der Waals surface area contributed by atoms with E-state index in [0.717, 1.165) is 11.8 Å². The fourth-order valence-corrected chi connectivity index (χ4v) is 3.61. The van der Waals surface area contributed by atoms with E-state index in [0.29, 0.717) is 41.7 Å². The normalized spacial score (nSPS) is 16.4. The van der Waals surface area contributed by atoms with Crippen LogP contribution in [0.4, 0.5) is 13.6 Å². The van der Waals surface area contributed by atoms with E-state index in [1.165, 1.54) is 11.0 Å². The number of urea groups is 1. The molecule has 25 heavy (non-hydrogen) atoms. The number of halogens is 2. The highest BCUT2D eigenvalue weighted by Crippen LogP contribution is 2.32. The second-order valence-corrected chi connectivity index (χ2v) is 6.82. The fraction of sp³-hybridized carbons (Fsp3) is 0.412. The van der Waals surface area contributed by atoms with Gasteiger partial charge in [0.1, 0.15) is 11.6 Å². The molecule has 1 aliphatic carbocycles. The molecule has 0 unspecified atom stereocenters. The molecule has 2 amide bonds. The summed E-state index contributed by atoms with van der Waals surface area (Å²) in [6, 6.07) is 2.13. The van der Waals surface area contributed by atoms with Gasteiger partial charge in [-0.25, -0.2) is 13.6 Å². The van der Waals surface area contributed by atoms with Crippen molar-refractivity contribution in [2.75, 3.05) is 14.1 Å². The predicted molar refractivity (Wildman–Crippen MR) is 93.0 cm³/mol. The van der Waals surface area contributed by atoms with Crippen LogP contribution in [0.25, 0.3) is 0 Å². The summed E-state index contributed by atoms with van der Waals surface area (Å²) in [7, 11) is 3.33. The highest BCUT2D eigenvalue weighted by molar-refractivity contribution is 7.71. The number of imidazole rings is 1. The first-order valence-electron chi connectivity index (χ1n) is 8.07. The lowest BCUT2D eigenvalue weighted by atomic mass is 9.87. The molecule has 0 bridgehead atoms. The number of nitrogens with zero attached hydrogens (tertiary/aromatic N) is 2. The molecule has 1 aliphatic rings. The highest BCUT2D eigenvalue weighted by atomic mass is 32.1. The molecule has 8 heteroatoms. The number of aromatic amines is 1. The van der Waals surface area contributed by atoms with Gasteiger partial charge in [0.2, 0.25) is 0 Å². The molecule has 0 fully saturated rings. The van der Waals surface area contributed by atoms with Crippen molar-refractivity contribution in [2.24, 2.45) is 0 Å². The van der Waals surface area contributed by atoms with Gasteiger partial charge in [0.05, 0.1) is 12.2 Å². The summed E-state index contributed by atoms with van der Waals surface area (Å²) in [5.41, 5.74) is 2.10. The van der Waals surface area contributed by atoms with E-state index in [4.69, 9.17) is 12.2 Å². The number of carbonyl (C=O) groups excluding carboxylic acids is 1. The van der Waals surface area contributed by atoms with Crippen LogP contribution >= 0.6 is 12.2 Å². The standard InChI is InChI=1S/C17H20F2N4OS/c1-22(2)16(24)20-8-13-9-21-17(25)23(13)12-3-4-14-10(6-12)5-11(18)7-15(14)19/h5,7,9,12H,3-4,6,8H2,1-2H3,(H,20,24)(H,21,25)/t12-/m0/s1. The Bertz CT molecular complexity index is 859. The lowest BCUT2D eigenvalue weighted by Crippen LogP contribution is -2.34. The third kappa shape index (κ3) is 3.58. The Morgan fingerprint density at radius 1 is 1.44 bits per heavy atom. The number of rotatable bonds is 3. The molecular weight excluding hydrogens is 346 g/mol. The van der Waals surface area contributed by atoms with Crippen molar-refractivity contribution in [3.63, 3.8) is 0 Å². The van der Waals surface area contributed by atoms with Crippen molar-refractivity contribution in [1.29, 1.82) is 0 Å². The highest BCUT2D eigenvalue weighted by Gasteiger charge is 2.25. The molecule has 1 aromatic heterocycles. The van der Waals surface area contributed by atoms with Crippen molar-refractivity contribution in [1.82, 2.24) is 19.8 Å². The van der Waals surface area contributed by atoms with Crippen LogP contribution in [0.1, 0.15) is 29.3 Å². The van der Waals surface area contributed by atoms with Crippen LogP contribution in [0.2, 0.25) is 0 Å². The van der Waals surface area contributed by atoms with Crippen molar-refractivity contribution >= 4 is 18.2 Å². The monoisotopic (exact) mass is 366 g/mol. The van der Waals surface area contributed by atoms with Crippen LogP contribution in [0.3, 0.4) is 0 Å². The fourth-order valence-electron chi connectivity index (χ4n) is 3.28.